The van der Waals surface area contributed by atoms with Gasteiger partial charge in [-0.05, 0) is 36.8 Å². The number of anilines is 2. The number of imide groups is 1. The van der Waals surface area contributed by atoms with E-state index in [0.717, 1.165) is 10.5 Å². The molecule has 4 nitrogen and oxygen atoms in total. The fourth-order valence-electron chi connectivity index (χ4n) is 2.34. The molecule has 2 N–H and O–H groups in total. The third-order valence-corrected chi connectivity index (χ3v) is 4.13. The number of hydrogen-bond donors (Lipinski definition) is 1. The van der Waals surface area contributed by atoms with Gasteiger partial charge in [0.05, 0.1) is 21.8 Å². The summed E-state index contributed by atoms with van der Waals surface area (Å²) in [6.45, 7) is 1.79. The number of nitrogens with zero attached hydrogens (tertiary/aromatic N) is 1. The third kappa shape index (κ3) is 1.99. The van der Waals surface area contributed by atoms with E-state index in [-0.39, 0.29) is 27.5 Å². The van der Waals surface area contributed by atoms with Crippen LogP contribution in [0.5, 0.6) is 0 Å². The molecule has 1 heterocycles. The monoisotopic (exact) mass is 320 g/mol. The van der Waals surface area contributed by atoms with Gasteiger partial charge in [-0.15, -0.1) is 0 Å². The lowest BCUT2D eigenvalue weighted by Crippen LogP contribution is -2.29. The van der Waals surface area contributed by atoms with E-state index in [1.165, 1.54) is 6.07 Å². The highest BCUT2D eigenvalue weighted by atomic mass is 35.5. The first-order valence-corrected chi connectivity index (χ1v) is 6.90. The number of carbonyl (C=O) groups is 2. The molecular weight excluding hydrogens is 311 g/mol. The van der Waals surface area contributed by atoms with E-state index >= 15 is 0 Å². The summed E-state index contributed by atoms with van der Waals surface area (Å²) in [5.74, 6) is -0.945. The van der Waals surface area contributed by atoms with Crippen molar-refractivity contribution in [2.45, 2.75) is 6.92 Å². The maximum Gasteiger partial charge on any atom is 0.268 e. The van der Waals surface area contributed by atoms with E-state index in [0.29, 0.717) is 5.02 Å². The molecular formula is C15H10Cl2N2O2. The van der Waals surface area contributed by atoms with E-state index in [1.807, 2.05) is 0 Å². The standard InChI is InChI=1S/C15H10Cl2N2O2/c1-7-5-10(17)12(6-9(7)16)19-14(20)8-3-2-4-11(18)13(8)15(19)21/h2-6H,18H2,1H3. The van der Waals surface area contributed by atoms with Gasteiger partial charge in [0.25, 0.3) is 11.8 Å². The molecule has 6 heteroatoms. The molecule has 0 saturated carbocycles. The maximum atomic E-state index is 12.5. The van der Waals surface area contributed by atoms with Crippen LogP contribution in [0.3, 0.4) is 0 Å². The summed E-state index contributed by atoms with van der Waals surface area (Å²) in [6.07, 6.45) is 0. The van der Waals surface area contributed by atoms with Crippen molar-refractivity contribution in [3.8, 4) is 0 Å². The quantitative estimate of drug-likeness (QED) is 0.644. The van der Waals surface area contributed by atoms with Crippen molar-refractivity contribution in [1.82, 2.24) is 0 Å². The van der Waals surface area contributed by atoms with Crippen molar-refractivity contribution in [3.63, 3.8) is 0 Å². The first-order valence-electron chi connectivity index (χ1n) is 6.14. The number of nitrogens with two attached hydrogens (primary N) is 1. The molecule has 0 radical (unpaired) electrons. The van der Waals surface area contributed by atoms with Crippen molar-refractivity contribution in [1.29, 1.82) is 0 Å². The fraction of sp³-hybridized carbons (Fsp3) is 0.0667. The number of aryl methyl sites for hydroxylation is 1. The van der Waals surface area contributed by atoms with Gasteiger partial charge in [-0.1, -0.05) is 29.3 Å². The molecule has 0 unspecified atom stereocenters. The summed E-state index contributed by atoms with van der Waals surface area (Å²) in [4.78, 5) is 26.0. The Morgan fingerprint density at radius 1 is 1.05 bits per heavy atom. The van der Waals surface area contributed by atoms with Crippen molar-refractivity contribution < 1.29 is 9.59 Å². The molecule has 2 aromatic carbocycles. The molecule has 0 atom stereocenters. The second-order valence-electron chi connectivity index (χ2n) is 4.77. The minimum Gasteiger partial charge on any atom is -0.398 e. The van der Waals surface area contributed by atoms with Crippen LogP contribution in [0.15, 0.2) is 30.3 Å². The molecule has 1 aliphatic heterocycles. The Morgan fingerprint density at radius 2 is 1.76 bits per heavy atom. The Labute approximate surface area is 131 Å². The zero-order valence-corrected chi connectivity index (χ0v) is 12.5. The van der Waals surface area contributed by atoms with Gasteiger partial charge in [-0.25, -0.2) is 4.90 Å². The van der Waals surface area contributed by atoms with Crippen molar-refractivity contribution in [2.24, 2.45) is 0 Å². The lowest BCUT2D eigenvalue weighted by molar-refractivity contribution is 0.0926. The Morgan fingerprint density at radius 3 is 2.43 bits per heavy atom. The Balaban J connectivity index is 2.19. The minimum absolute atomic E-state index is 0.204. The normalized spacial score (nSPS) is 13.8. The predicted molar refractivity (Wildman–Crippen MR) is 83.2 cm³/mol. The fourth-order valence-corrected chi connectivity index (χ4v) is 2.80. The Bertz CT molecular complexity index is 803. The van der Waals surface area contributed by atoms with Gasteiger partial charge in [0.1, 0.15) is 0 Å². The van der Waals surface area contributed by atoms with Crippen LogP contribution >= 0.6 is 23.2 Å². The van der Waals surface area contributed by atoms with Gasteiger partial charge in [0.15, 0.2) is 0 Å². The molecule has 106 valence electrons. The molecule has 0 aliphatic carbocycles. The molecule has 2 amide bonds. The van der Waals surface area contributed by atoms with Crippen LogP contribution in [0.1, 0.15) is 26.3 Å². The van der Waals surface area contributed by atoms with Gasteiger partial charge < -0.3 is 5.73 Å². The highest BCUT2D eigenvalue weighted by Crippen LogP contribution is 2.37. The molecule has 2 aromatic rings. The topological polar surface area (TPSA) is 63.4 Å². The van der Waals surface area contributed by atoms with E-state index in [2.05, 4.69) is 0 Å². The number of hydrogen-bond acceptors (Lipinski definition) is 3. The summed E-state index contributed by atoms with van der Waals surface area (Å²) >= 11 is 12.2. The predicted octanol–water partition coefficient (Wildman–Crippen LogP) is 3.68. The maximum absolute atomic E-state index is 12.5. The van der Waals surface area contributed by atoms with E-state index < -0.39 is 11.8 Å². The summed E-state index contributed by atoms with van der Waals surface area (Å²) in [7, 11) is 0. The van der Waals surface area contributed by atoms with Crippen molar-refractivity contribution in [2.75, 3.05) is 10.6 Å². The first kappa shape index (κ1) is 13.9. The number of carbonyl (C=O) groups excluding carboxylic acids is 2. The number of nitrogen functional groups attached to an aromatic ring is 1. The number of halogens is 2. The first-order chi connectivity index (χ1) is 9.91. The van der Waals surface area contributed by atoms with Gasteiger partial charge in [-0.2, -0.15) is 0 Å². The zero-order valence-electron chi connectivity index (χ0n) is 11.0. The van der Waals surface area contributed by atoms with Crippen LogP contribution in [0.25, 0.3) is 0 Å². The molecule has 0 bridgehead atoms. The highest BCUT2D eigenvalue weighted by molar-refractivity contribution is 6.41. The summed E-state index contributed by atoms with van der Waals surface area (Å²) in [5.41, 5.74) is 7.57. The minimum atomic E-state index is -0.491. The lowest BCUT2D eigenvalue weighted by atomic mass is 10.1. The average Bonchev–Trinajstić information content (AvgIpc) is 2.68. The summed E-state index contributed by atoms with van der Waals surface area (Å²) in [6, 6.07) is 7.91. The van der Waals surface area contributed by atoms with Gasteiger partial charge in [0, 0.05) is 10.7 Å². The molecule has 1 aliphatic rings. The van der Waals surface area contributed by atoms with Crippen LogP contribution in [-0.2, 0) is 0 Å². The second kappa shape index (κ2) is 4.76. The van der Waals surface area contributed by atoms with Gasteiger partial charge in [-0.3, -0.25) is 9.59 Å². The van der Waals surface area contributed by atoms with Crippen LogP contribution < -0.4 is 10.6 Å². The third-order valence-electron chi connectivity index (χ3n) is 3.42. The molecule has 3 rings (SSSR count). The summed E-state index contributed by atoms with van der Waals surface area (Å²) < 4.78 is 0. The molecule has 0 saturated heterocycles. The van der Waals surface area contributed by atoms with E-state index in [4.69, 9.17) is 28.9 Å². The molecule has 0 aromatic heterocycles. The average molecular weight is 321 g/mol. The van der Waals surface area contributed by atoms with Crippen LogP contribution in [0.2, 0.25) is 10.0 Å². The number of amides is 2. The van der Waals surface area contributed by atoms with Crippen LogP contribution in [0, 0.1) is 6.92 Å². The second-order valence-corrected chi connectivity index (χ2v) is 5.58. The van der Waals surface area contributed by atoms with Crippen molar-refractivity contribution in [3.05, 3.63) is 57.1 Å². The van der Waals surface area contributed by atoms with E-state index in [1.54, 1.807) is 31.2 Å². The largest absolute Gasteiger partial charge is 0.398 e. The van der Waals surface area contributed by atoms with E-state index in [9.17, 15) is 9.59 Å². The SMILES string of the molecule is Cc1cc(Cl)c(N2C(=O)c3cccc(N)c3C2=O)cc1Cl. The molecule has 0 fully saturated rings. The number of rotatable bonds is 1. The zero-order chi connectivity index (χ0) is 15.3. The summed E-state index contributed by atoms with van der Waals surface area (Å²) in [5, 5.41) is 0.712. The van der Waals surface area contributed by atoms with Crippen LogP contribution in [0.4, 0.5) is 11.4 Å². The Kier molecular flexibility index (Phi) is 3.15. The number of fused-ring (bicyclic) bond motifs is 1. The highest BCUT2D eigenvalue weighted by Gasteiger charge is 2.39. The van der Waals surface area contributed by atoms with Gasteiger partial charge in [0.2, 0.25) is 0 Å². The van der Waals surface area contributed by atoms with Crippen LogP contribution in [-0.4, -0.2) is 11.8 Å². The van der Waals surface area contributed by atoms with Gasteiger partial charge >= 0.3 is 0 Å². The van der Waals surface area contributed by atoms with Crippen molar-refractivity contribution >= 4 is 46.4 Å². The lowest BCUT2D eigenvalue weighted by Gasteiger charge is -2.16. The molecule has 21 heavy (non-hydrogen) atoms. The number of benzene rings is 2. The molecule has 0 spiro atoms. The smallest absolute Gasteiger partial charge is 0.268 e. The Hall–Kier alpha value is -2.04.